The van der Waals surface area contributed by atoms with Gasteiger partial charge in [0.1, 0.15) is 6.04 Å². The summed E-state index contributed by atoms with van der Waals surface area (Å²) < 4.78 is 11.3. The van der Waals surface area contributed by atoms with Crippen molar-refractivity contribution >= 4 is 5.97 Å². The van der Waals surface area contributed by atoms with Crippen LogP contribution in [0.15, 0.2) is 0 Å². The zero-order valence-electron chi connectivity index (χ0n) is 4.30. The van der Waals surface area contributed by atoms with Crippen molar-refractivity contribution < 1.29 is 14.3 Å². The molecule has 0 aliphatic heterocycles. The van der Waals surface area contributed by atoms with Gasteiger partial charge in [-0.05, 0) is 0 Å². The van der Waals surface area contributed by atoms with Gasteiger partial charge in [-0.15, -0.1) is 0 Å². The van der Waals surface area contributed by atoms with E-state index in [4.69, 9.17) is 10.8 Å². The van der Waals surface area contributed by atoms with E-state index in [-0.39, 0.29) is 6.42 Å². The molecule has 1 atom stereocenters. The number of carboxylic acid groups (broad SMARTS) is 1. The molecule has 0 aliphatic carbocycles. The van der Waals surface area contributed by atoms with Crippen LogP contribution in [-0.4, -0.2) is 23.8 Å². The molecule has 0 heterocycles. The van der Waals surface area contributed by atoms with Crippen LogP contribution in [0.2, 0.25) is 0 Å². The van der Waals surface area contributed by atoms with Crippen LogP contribution in [0.5, 0.6) is 0 Å². The predicted molar refractivity (Wildman–Crippen MR) is 26.2 cm³/mol. The fraction of sp³-hybridized carbons (Fsp3) is 0.750. The second kappa shape index (κ2) is 3.37. The van der Waals surface area contributed by atoms with Crippen molar-refractivity contribution in [1.82, 2.24) is 0 Å². The highest BCUT2D eigenvalue weighted by Gasteiger charge is 2.08. The molecule has 0 radical (unpaired) electrons. The third kappa shape index (κ3) is 2.52. The number of rotatable bonds is 3. The molecule has 0 fully saturated rings. The van der Waals surface area contributed by atoms with Gasteiger partial charge in [0, 0.05) is 6.42 Å². The maximum absolute atomic E-state index is 11.3. The lowest BCUT2D eigenvalue weighted by Crippen LogP contribution is -2.30. The highest BCUT2D eigenvalue weighted by atomic mass is 19.1. The highest BCUT2D eigenvalue weighted by Crippen LogP contribution is 1.86. The topological polar surface area (TPSA) is 63.3 Å². The first-order valence-electron chi connectivity index (χ1n) is 2.23. The van der Waals surface area contributed by atoms with Gasteiger partial charge in [-0.25, -0.2) is 0 Å². The Labute approximate surface area is 46.3 Å². The third-order valence-electron chi connectivity index (χ3n) is 0.737. The summed E-state index contributed by atoms with van der Waals surface area (Å²) in [6.07, 6.45) is -0.102. The molecule has 0 aromatic heterocycles. The first-order valence-corrected chi connectivity index (χ1v) is 2.23. The summed E-state index contributed by atoms with van der Waals surface area (Å²) in [7, 11) is 0. The number of carbonyl (C=O) groups is 1. The molecule has 3 N–H and O–H groups in total. The number of nitrogens with two attached hydrogens (primary N) is 1. The van der Waals surface area contributed by atoms with Crippen molar-refractivity contribution in [1.29, 1.82) is 0 Å². The first kappa shape index (κ1) is 7.36. The molecular weight excluding hydrogens is 113 g/mol. The van der Waals surface area contributed by atoms with Crippen LogP contribution in [0.3, 0.4) is 0 Å². The summed E-state index contributed by atoms with van der Waals surface area (Å²) in [6.45, 7) is -0.673. The Hall–Kier alpha value is -0.640. The summed E-state index contributed by atoms with van der Waals surface area (Å²) >= 11 is 0. The van der Waals surface area contributed by atoms with Gasteiger partial charge in [0.2, 0.25) is 0 Å². The smallest absolute Gasteiger partial charge is 0.320 e. The Morgan fingerprint density at radius 2 is 2.38 bits per heavy atom. The molecule has 3 nitrogen and oxygen atoms in total. The maximum atomic E-state index is 11.3. The van der Waals surface area contributed by atoms with Gasteiger partial charge < -0.3 is 10.8 Å². The average Bonchev–Trinajstić information content (AvgIpc) is 1.67. The van der Waals surface area contributed by atoms with E-state index in [9.17, 15) is 9.18 Å². The zero-order chi connectivity index (χ0) is 6.57. The summed E-state index contributed by atoms with van der Waals surface area (Å²) in [5.41, 5.74) is 4.89. The molecule has 48 valence electrons. The molecule has 8 heavy (non-hydrogen) atoms. The van der Waals surface area contributed by atoms with Crippen molar-refractivity contribution in [3.05, 3.63) is 0 Å². The van der Waals surface area contributed by atoms with Gasteiger partial charge in [0.15, 0.2) is 0 Å². The summed E-state index contributed by atoms with van der Waals surface area (Å²) in [6, 6.07) is -1.04. The van der Waals surface area contributed by atoms with E-state index in [0.29, 0.717) is 0 Å². The van der Waals surface area contributed by atoms with E-state index in [0.717, 1.165) is 0 Å². The normalized spacial score (nSPS) is 13.2. The molecule has 0 amide bonds. The van der Waals surface area contributed by atoms with E-state index in [1.54, 1.807) is 0 Å². The maximum Gasteiger partial charge on any atom is 0.320 e. The number of aliphatic carboxylic acids is 1. The minimum atomic E-state index is -1.15. The SMILES string of the molecule is N[C@@H](CCF)C(=O)O. The average molecular weight is 121 g/mol. The summed E-state index contributed by atoms with van der Waals surface area (Å²) in [5.74, 6) is -1.15. The second-order valence-electron chi connectivity index (χ2n) is 1.42. The van der Waals surface area contributed by atoms with Gasteiger partial charge in [-0.3, -0.25) is 9.18 Å². The van der Waals surface area contributed by atoms with Gasteiger partial charge in [-0.2, -0.15) is 0 Å². The van der Waals surface area contributed by atoms with Gasteiger partial charge in [-0.1, -0.05) is 0 Å². The fourth-order valence-electron chi connectivity index (χ4n) is 0.241. The monoisotopic (exact) mass is 121 g/mol. The first-order chi connectivity index (χ1) is 3.68. The lowest BCUT2D eigenvalue weighted by Gasteiger charge is -1.99. The molecular formula is C4H8FNO2. The largest absolute Gasteiger partial charge is 0.480 e. The van der Waals surface area contributed by atoms with E-state index < -0.39 is 18.7 Å². The Bertz CT molecular complexity index is 86.1. The number of hydrogen-bond acceptors (Lipinski definition) is 2. The van der Waals surface area contributed by atoms with Crippen LogP contribution in [-0.2, 0) is 4.79 Å². The Balaban J connectivity index is 3.32. The number of halogens is 1. The standard InChI is InChI=1S/C4H8FNO2/c5-2-1-3(6)4(7)8/h3H,1-2,6H2,(H,7,8)/t3-/m0/s1. The summed E-state index contributed by atoms with van der Waals surface area (Å²) in [5, 5.41) is 8.02. The molecule has 0 spiro atoms. The third-order valence-corrected chi connectivity index (χ3v) is 0.737. The van der Waals surface area contributed by atoms with Crippen LogP contribution in [0.25, 0.3) is 0 Å². The van der Waals surface area contributed by atoms with Crippen LogP contribution < -0.4 is 5.73 Å². The fourth-order valence-corrected chi connectivity index (χ4v) is 0.241. The Kier molecular flexibility index (Phi) is 3.10. The van der Waals surface area contributed by atoms with Gasteiger partial charge in [0.25, 0.3) is 0 Å². The van der Waals surface area contributed by atoms with Crippen molar-refractivity contribution in [3.8, 4) is 0 Å². The van der Waals surface area contributed by atoms with E-state index in [2.05, 4.69) is 0 Å². The minimum absolute atomic E-state index is 0.102. The van der Waals surface area contributed by atoms with Crippen LogP contribution in [0.1, 0.15) is 6.42 Å². The van der Waals surface area contributed by atoms with E-state index in [1.165, 1.54) is 0 Å². The van der Waals surface area contributed by atoms with Gasteiger partial charge in [0.05, 0.1) is 6.67 Å². The predicted octanol–water partition coefficient (Wildman–Crippen LogP) is -0.242. The second-order valence-corrected chi connectivity index (χ2v) is 1.42. The van der Waals surface area contributed by atoms with Crippen LogP contribution >= 0.6 is 0 Å². The van der Waals surface area contributed by atoms with Crippen LogP contribution in [0, 0.1) is 0 Å². The Morgan fingerprint density at radius 3 is 2.50 bits per heavy atom. The lowest BCUT2D eigenvalue weighted by atomic mass is 10.2. The zero-order valence-corrected chi connectivity index (χ0v) is 4.30. The molecule has 0 aliphatic rings. The van der Waals surface area contributed by atoms with E-state index in [1.807, 2.05) is 0 Å². The summed E-state index contributed by atoms with van der Waals surface area (Å²) in [4.78, 5) is 9.80. The molecule has 0 rings (SSSR count). The number of carboxylic acids is 1. The number of alkyl halides is 1. The lowest BCUT2D eigenvalue weighted by molar-refractivity contribution is -0.138. The van der Waals surface area contributed by atoms with Crippen molar-refractivity contribution in [2.75, 3.05) is 6.67 Å². The van der Waals surface area contributed by atoms with Crippen LogP contribution in [0.4, 0.5) is 4.39 Å². The highest BCUT2D eigenvalue weighted by molar-refractivity contribution is 5.72. The molecule has 4 heteroatoms. The molecule has 0 bridgehead atoms. The molecule has 0 aromatic rings. The minimum Gasteiger partial charge on any atom is -0.480 e. The quantitative estimate of drug-likeness (QED) is 0.541. The Morgan fingerprint density at radius 1 is 1.88 bits per heavy atom. The van der Waals surface area contributed by atoms with Crippen molar-refractivity contribution in [2.45, 2.75) is 12.5 Å². The van der Waals surface area contributed by atoms with Gasteiger partial charge >= 0.3 is 5.97 Å². The number of hydrogen-bond donors (Lipinski definition) is 2. The van der Waals surface area contributed by atoms with E-state index >= 15 is 0 Å². The molecule has 0 aromatic carbocycles. The molecule has 0 saturated heterocycles. The molecule has 0 saturated carbocycles. The van der Waals surface area contributed by atoms with Crippen molar-refractivity contribution in [3.63, 3.8) is 0 Å². The van der Waals surface area contributed by atoms with Crippen molar-refractivity contribution in [2.24, 2.45) is 5.73 Å². The molecule has 0 unspecified atom stereocenters.